The van der Waals surface area contributed by atoms with Crippen LogP contribution in [0.25, 0.3) is 0 Å². The van der Waals surface area contributed by atoms with E-state index in [0.29, 0.717) is 6.42 Å². The molecule has 0 amide bonds. The second kappa shape index (κ2) is 5.39. The second-order valence-corrected chi connectivity index (χ2v) is 5.77. The maximum Gasteiger partial charge on any atom is 0.0918 e. The molecule has 0 spiro atoms. The van der Waals surface area contributed by atoms with Gasteiger partial charge in [-0.3, -0.25) is 0 Å². The standard InChI is InChI=1S/C18H21NO/c19-17-13-18(20,16-11-5-4-10-15(16)17)12-6-9-14-7-2-1-3-8-14/h1-5,7-8,10-11,17,20H,6,9,12-13,19H2. The normalized spacial score (nSPS) is 24.6. The number of aryl methyl sites for hydroxylation is 1. The highest BCUT2D eigenvalue weighted by Crippen LogP contribution is 2.44. The average Bonchev–Trinajstić information content (AvgIpc) is 2.73. The summed E-state index contributed by atoms with van der Waals surface area (Å²) >= 11 is 0. The molecule has 2 nitrogen and oxygen atoms in total. The van der Waals surface area contributed by atoms with E-state index in [1.807, 2.05) is 30.3 Å². The van der Waals surface area contributed by atoms with Crippen LogP contribution in [0.3, 0.4) is 0 Å². The van der Waals surface area contributed by atoms with Crippen LogP contribution in [-0.4, -0.2) is 5.11 Å². The number of nitrogens with two attached hydrogens (primary N) is 1. The first-order valence-electron chi connectivity index (χ1n) is 7.30. The van der Waals surface area contributed by atoms with Crippen LogP contribution in [0.5, 0.6) is 0 Å². The quantitative estimate of drug-likeness (QED) is 0.892. The van der Waals surface area contributed by atoms with Crippen molar-refractivity contribution in [1.82, 2.24) is 0 Å². The van der Waals surface area contributed by atoms with Gasteiger partial charge in [0.2, 0.25) is 0 Å². The van der Waals surface area contributed by atoms with E-state index in [4.69, 9.17) is 5.73 Å². The first kappa shape index (κ1) is 13.3. The summed E-state index contributed by atoms with van der Waals surface area (Å²) in [5.41, 5.74) is 8.86. The van der Waals surface area contributed by atoms with Gasteiger partial charge in [-0.05, 0) is 42.4 Å². The van der Waals surface area contributed by atoms with Gasteiger partial charge in [0.15, 0.2) is 0 Å². The van der Waals surface area contributed by atoms with Gasteiger partial charge in [-0.25, -0.2) is 0 Å². The third-order valence-electron chi connectivity index (χ3n) is 4.32. The van der Waals surface area contributed by atoms with Gasteiger partial charge in [0.05, 0.1) is 5.60 Å². The highest BCUT2D eigenvalue weighted by molar-refractivity contribution is 5.39. The van der Waals surface area contributed by atoms with E-state index in [9.17, 15) is 5.11 Å². The van der Waals surface area contributed by atoms with Crippen molar-refractivity contribution >= 4 is 0 Å². The fourth-order valence-corrected chi connectivity index (χ4v) is 3.29. The molecule has 0 saturated heterocycles. The smallest absolute Gasteiger partial charge is 0.0918 e. The summed E-state index contributed by atoms with van der Waals surface area (Å²) in [6.07, 6.45) is 3.38. The Bertz CT molecular complexity index is 581. The summed E-state index contributed by atoms with van der Waals surface area (Å²) in [7, 11) is 0. The van der Waals surface area contributed by atoms with Gasteiger partial charge in [0.25, 0.3) is 0 Å². The van der Waals surface area contributed by atoms with Gasteiger partial charge < -0.3 is 10.8 Å². The Kier molecular flexibility index (Phi) is 3.60. The number of rotatable bonds is 4. The van der Waals surface area contributed by atoms with E-state index in [1.165, 1.54) is 5.56 Å². The Morgan fingerprint density at radius 3 is 2.55 bits per heavy atom. The molecule has 0 bridgehead atoms. The molecule has 2 unspecified atom stereocenters. The number of hydrogen-bond acceptors (Lipinski definition) is 2. The molecule has 3 N–H and O–H groups in total. The molecular weight excluding hydrogens is 246 g/mol. The van der Waals surface area contributed by atoms with Gasteiger partial charge in [-0.1, -0.05) is 54.6 Å². The Labute approximate surface area is 120 Å². The zero-order valence-electron chi connectivity index (χ0n) is 11.6. The molecule has 0 aromatic heterocycles. The van der Waals surface area contributed by atoms with Crippen LogP contribution in [0.2, 0.25) is 0 Å². The van der Waals surface area contributed by atoms with Crippen LogP contribution in [-0.2, 0) is 12.0 Å². The Morgan fingerprint density at radius 1 is 1.05 bits per heavy atom. The van der Waals surface area contributed by atoms with Crippen molar-refractivity contribution in [2.75, 3.05) is 0 Å². The average molecular weight is 267 g/mol. The van der Waals surface area contributed by atoms with Crippen molar-refractivity contribution in [2.45, 2.75) is 37.3 Å². The molecule has 1 aliphatic rings. The van der Waals surface area contributed by atoms with Crippen LogP contribution in [0, 0.1) is 0 Å². The molecule has 20 heavy (non-hydrogen) atoms. The predicted molar refractivity (Wildman–Crippen MR) is 81.3 cm³/mol. The minimum absolute atomic E-state index is 0.0343. The first-order valence-corrected chi connectivity index (χ1v) is 7.30. The third kappa shape index (κ3) is 2.49. The molecule has 2 aromatic carbocycles. The van der Waals surface area contributed by atoms with Gasteiger partial charge in [0, 0.05) is 6.04 Å². The lowest BCUT2D eigenvalue weighted by atomic mass is 9.89. The van der Waals surface area contributed by atoms with Crippen LogP contribution < -0.4 is 5.73 Å². The minimum Gasteiger partial charge on any atom is -0.385 e. The van der Waals surface area contributed by atoms with E-state index in [-0.39, 0.29) is 6.04 Å². The topological polar surface area (TPSA) is 46.2 Å². The molecule has 0 aliphatic heterocycles. The molecule has 104 valence electrons. The van der Waals surface area contributed by atoms with Crippen LogP contribution in [0.4, 0.5) is 0 Å². The second-order valence-electron chi connectivity index (χ2n) is 5.77. The number of benzene rings is 2. The van der Waals surface area contributed by atoms with Crippen molar-refractivity contribution < 1.29 is 5.11 Å². The van der Waals surface area contributed by atoms with Gasteiger partial charge >= 0.3 is 0 Å². The summed E-state index contributed by atoms with van der Waals surface area (Å²) in [6.45, 7) is 0. The third-order valence-corrected chi connectivity index (χ3v) is 4.32. The highest BCUT2D eigenvalue weighted by atomic mass is 16.3. The first-order chi connectivity index (χ1) is 9.69. The number of hydrogen-bond donors (Lipinski definition) is 2. The van der Waals surface area contributed by atoms with Gasteiger partial charge in [0.1, 0.15) is 0 Å². The lowest BCUT2D eigenvalue weighted by Crippen LogP contribution is -2.23. The molecule has 0 heterocycles. The molecule has 0 fully saturated rings. The predicted octanol–water partition coefficient (Wildman–Crippen LogP) is 3.30. The Hall–Kier alpha value is -1.64. The zero-order valence-corrected chi connectivity index (χ0v) is 11.6. The summed E-state index contributed by atoms with van der Waals surface area (Å²) in [5.74, 6) is 0. The van der Waals surface area contributed by atoms with Gasteiger partial charge in [-0.15, -0.1) is 0 Å². The van der Waals surface area contributed by atoms with Crippen molar-refractivity contribution in [3.8, 4) is 0 Å². The molecular formula is C18H21NO. The molecule has 1 aliphatic carbocycles. The maximum absolute atomic E-state index is 10.9. The minimum atomic E-state index is -0.745. The van der Waals surface area contributed by atoms with Crippen LogP contribution >= 0.6 is 0 Å². The Morgan fingerprint density at radius 2 is 1.75 bits per heavy atom. The van der Waals surface area contributed by atoms with Crippen LogP contribution in [0.15, 0.2) is 54.6 Å². The molecule has 2 atom stereocenters. The zero-order chi connectivity index (χ0) is 14.0. The summed E-state index contributed by atoms with van der Waals surface area (Å²) in [4.78, 5) is 0. The van der Waals surface area contributed by atoms with E-state index >= 15 is 0 Å². The van der Waals surface area contributed by atoms with Crippen molar-refractivity contribution in [3.05, 3.63) is 71.3 Å². The lowest BCUT2D eigenvalue weighted by molar-refractivity contribution is 0.0229. The molecule has 3 rings (SSSR count). The lowest BCUT2D eigenvalue weighted by Gasteiger charge is -2.24. The van der Waals surface area contributed by atoms with E-state index < -0.39 is 5.60 Å². The fraction of sp³-hybridized carbons (Fsp3) is 0.333. The van der Waals surface area contributed by atoms with Gasteiger partial charge in [-0.2, -0.15) is 0 Å². The summed E-state index contributed by atoms with van der Waals surface area (Å²) in [6, 6.07) is 18.4. The fourth-order valence-electron chi connectivity index (χ4n) is 3.29. The largest absolute Gasteiger partial charge is 0.385 e. The molecule has 2 aromatic rings. The number of aliphatic hydroxyl groups is 1. The Balaban J connectivity index is 1.69. The van der Waals surface area contributed by atoms with E-state index in [1.54, 1.807) is 0 Å². The highest BCUT2D eigenvalue weighted by Gasteiger charge is 2.39. The van der Waals surface area contributed by atoms with E-state index in [0.717, 1.165) is 30.4 Å². The van der Waals surface area contributed by atoms with E-state index in [2.05, 4.69) is 24.3 Å². The van der Waals surface area contributed by atoms with Crippen molar-refractivity contribution in [3.63, 3.8) is 0 Å². The monoisotopic (exact) mass is 267 g/mol. The summed E-state index contributed by atoms with van der Waals surface area (Å²) < 4.78 is 0. The number of fused-ring (bicyclic) bond motifs is 1. The molecule has 0 saturated carbocycles. The SMILES string of the molecule is NC1CC(O)(CCCc2ccccc2)c2ccccc21. The van der Waals surface area contributed by atoms with Crippen LogP contribution in [0.1, 0.15) is 42.0 Å². The maximum atomic E-state index is 10.9. The molecule has 0 radical (unpaired) electrons. The summed E-state index contributed by atoms with van der Waals surface area (Å²) in [5, 5.41) is 10.9. The van der Waals surface area contributed by atoms with Crippen molar-refractivity contribution in [2.24, 2.45) is 5.73 Å². The van der Waals surface area contributed by atoms with Crippen molar-refractivity contribution in [1.29, 1.82) is 0 Å². The molecule has 2 heteroatoms.